The summed E-state index contributed by atoms with van der Waals surface area (Å²) >= 11 is 0. The monoisotopic (exact) mass is 363 g/mol. The molecule has 2 saturated heterocycles. The number of nitrogens with zero attached hydrogens (tertiary/aromatic N) is 1. The Morgan fingerprint density at radius 3 is 2.62 bits per heavy atom. The number of rotatable bonds is 7. The number of hydrogen-bond acceptors (Lipinski definition) is 5. The number of likely N-dealkylation sites (tertiary alicyclic amines) is 1. The molecule has 2 aliphatic heterocycles. The number of carbonyl (C=O) groups is 1. The normalized spacial score (nSPS) is 21.4. The first-order valence-electron chi connectivity index (χ1n) is 9.53. The van der Waals surface area contributed by atoms with E-state index in [1.54, 1.807) is 7.11 Å². The summed E-state index contributed by atoms with van der Waals surface area (Å²) in [6.07, 6.45) is 5.22. The Hall–Kier alpha value is -1.79. The molecule has 1 atom stereocenters. The first kappa shape index (κ1) is 19.0. The van der Waals surface area contributed by atoms with Crippen LogP contribution in [0.1, 0.15) is 32.1 Å². The maximum Gasteiger partial charge on any atom is 0.248 e. The fourth-order valence-electron chi connectivity index (χ4n) is 3.43. The molecule has 0 aliphatic carbocycles. The number of hydrogen-bond donors (Lipinski definition) is 0. The molecule has 3 rings (SSSR count). The maximum atomic E-state index is 12.3. The van der Waals surface area contributed by atoms with Crippen LogP contribution in [-0.4, -0.2) is 63.0 Å². The number of methoxy groups -OCH3 is 1. The van der Waals surface area contributed by atoms with Crippen LogP contribution in [0.3, 0.4) is 0 Å². The number of ether oxygens (including phenoxy) is 4. The van der Waals surface area contributed by atoms with Gasteiger partial charge in [-0.05, 0) is 31.4 Å². The largest absolute Gasteiger partial charge is 0.493 e. The van der Waals surface area contributed by atoms with Crippen LogP contribution in [0, 0.1) is 0 Å². The zero-order valence-electron chi connectivity index (χ0n) is 15.5. The highest BCUT2D eigenvalue weighted by Crippen LogP contribution is 2.28. The lowest BCUT2D eigenvalue weighted by molar-refractivity contribution is -0.140. The van der Waals surface area contributed by atoms with E-state index >= 15 is 0 Å². The second-order valence-electron chi connectivity index (χ2n) is 6.85. The molecule has 144 valence electrons. The second-order valence-corrected chi connectivity index (χ2v) is 6.85. The van der Waals surface area contributed by atoms with E-state index in [0.29, 0.717) is 19.7 Å². The molecule has 1 aromatic rings. The minimum atomic E-state index is 0.0524. The van der Waals surface area contributed by atoms with Gasteiger partial charge in [-0.2, -0.15) is 0 Å². The van der Waals surface area contributed by atoms with Crippen molar-refractivity contribution in [2.45, 2.75) is 44.3 Å². The summed E-state index contributed by atoms with van der Waals surface area (Å²) < 4.78 is 22.6. The topological polar surface area (TPSA) is 57.2 Å². The zero-order valence-corrected chi connectivity index (χ0v) is 15.5. The van der Waals surface area contributed by atoms with Gasteiger partial charge < -0.3 is 23.8 Å². The fraction of sp³-hybridized carbons (Fsp3) is 0.650. The van der Waals surface area contributed by atoms with Gasteiger partial charge in [-0.25, -0.2) is 0 Å². The Balaban J connectivity index is 1.36. The summed E-state index contributed by atoms with van der Waals surface area (Å²) in [7, 11) is 1.64. The molecule has 0 radical (unpaired) electrons. The van der Waals surface area contributed by atoms with E-state index in [4.69, 9.17) is 18.9 Å². The molecule has 0 saturated carbocycles. The van der Waals surface area contributed by atoms with Crippen LogP contribution in [0.25, 0.3) is 0 Å². The number of amides is 1. The molecular formula is C20H29NO5. The molecule has 1 aromatic carbocycles. The predicted molar refractivity (Wildman–Crippen MR) is 97.6 cm³/mol. The molecule has 0 aromatic heterocycles. The molecular weight excluding hydrogens is 334 g/mol. The van der Waals surface area contributed by atoms with Crippen molar-refractivity contribution in [1.29, 1.82) is 0 Å². The van der Waals surface area contributed by atoms with Crippen LogP contribution < -0.4 is 9.47 Å². The van der Waals surface area contributed by atoms with E-state index in [2.05, 4.69) is 0 Å². The van der Waals surface area contributed by atoms with Crippen LogP contribution in [-0.2, 0) is 14.3 Å². The number of para-hydroxylation sites is 2. The third-order valence-electron chi connectivity index (χ3n) is 4.96. The Kier molecular flexibility index (Phi) is 7.14. The van der Waals surface area contributed by atoms with E-state index in [-0.39, 0.29) is 24.7 Å². The van der Waals surface area contributed by atoms with Crippen LogP contribution in [0.2, 0.25) is 0 Å². The van der Waals surface area contributed by atoms with Crippen molar-refractivity contribution in [3.8, 4) is 11.5 Å². The smallest absolute Gasteiger partial charge is 0.248 e. The van der Waals surface area contributed by atoms with E-state index < -0.39 is 0 Å². The summed E-state index contributed by atoms with van der Waals surface area (Å²) in [5.74, 6) is 1.55. The summed E-state index contributed by atoms with van der Waals surface area (Å²) in [6, 6.07) is 7.66. The van der Waals surface area contributed by atoms with Gasteiger partial charge in [0, 0.05) is 32.5 Å². The molecule has 2 heterocycles. The van der Waals surface area contributed by atoms with Gasteiger partial charge in [-0.3, -0.25) is 4.79 Å². The Morgan fingerprint density at radius 2 is 1.92 bits per heavy atom. The van der Waals surface area contributed by atoms with Crippen LogP contribution in [0.4, 0.5) is 0 Å². The first-order valence-corrected chi connectivity index (χ1v) is 9.53. The Labute approximate surface area is 155 Å². The molecule has 26 heavy (non-hydrogen) atoms. The van der Waals surface area contributed by atoms with Crippen molar-refractivity contribution < 1.29 is 23.7 Å². The molecule has 6 nitrogen and oxygen atoms in total. The van der Waals surface area contributed by atoms with Crippen LogP contribution in [0.15, 0.2) is 24.3 Å². The van der Waals surface area contributed by atoms with Crippen molar-refractivity contribution >= 4 is 5.91 Å². The van der Waals surface area contributed by atoms with E-state index in [0.717, 1.165) is 43.8 Å². The molecule has 0 N–H and O–H groups in total. The first-order chi connectivity index (χ1) is 12.8. The molecule has 2 fully saturated rings. The van der Waals surface area contributed by atoms with Gasteiger partial charge in [0.15, 0.2) is 11.5 Å². The minimum Gasteiger partial charge on any atom is -0.493 e. The van der Waals surface area contributed by atoms with Crippen molar-refractivity contribution in [2.75, 3.05) is 40.0 Å². The third kappa shape index (κ3) is 5.35. The summed E-state index contributed by atoms with van der Waals surface area (Å²) in [5.41, 5.74) is 0. The average molecular weight is 363 g/mol. The van der Waals surface area contributed by atoms with Gasteiger partial charge in [0.2, 0.25) is 5.91 Å². The summed E-state index contributed by atoms with van der Waals surface area (Å²) in [5, 5.41) is 0. The predicted octanol–water partition coefficient (Wildman–Crippen LogP) is 2.65. The third-order valence-corrected chi connectivity index (χ3v) is 4.96. The van der Waals surface area contributed by atoms with Gasteiger partial charge in [0.1, 0.15) is 12.7 Å². The minimum absolute atomic E-state index is 0.0524. The maximum absolute atomic E-state index is 12.3. The Morgan fingerprint density at radius 1 is 1.15 bits per heavy atom. The lowest BCUT2D eigenvalue weighted by atomic mass is 10.1. The Bertz CT molecular complexity index is 565. The van der Waals surface area contributed by atoms with Gasteiger partial charge in [-0.15, -0.1) is 0 Å². The van der Waals surface area contributed by atoms with E-state index in [1.165, 1.54) is 6.42 Å². The fourth-order valence-corrected chi connectivity index (χ4v) is 3.43. The van der Waals surface area contributed by atoms with Gasteiger partial charge in [-0.1, -0.05) is 12.1 Å². The van der Waals surface area contributed by atoms with E-state index in [9.17, 15) is 4.79 Å². The van der Waals surface area contributed by atoms with Crippen LogP contribution in [0.5, 0.6) is 11.5 Å². The van der Waals surface area contributed by atoms with Crippen molar-refractivity contribution in [3.05, 3.63) is 24.3 Å². The SMILES string of the molecule is COc1ccccc1OC1CCN(C(=O)COC[C@H]2CCCCO2)CC1. The van der Waals surface area contributed by atoms with Crippen LogP contribution >= 0.6 is 0 Å². The molecule has 1 amide bonds. The summed E-state index contributed by atoms with van der Waals surface area (Å²) in [6.45, 7) is 2.85. The second kappa shape index (κ2) is 9.78. The highest BCUT2D eigenvalue weighted by molar-refractivity contribution is 5.77. The molecule has 2 aliphatic rings. The van der Waals surface area contributed by atoms with Crippen molar-refractivity contribution in [2.24, 2.45) is 0 Å². The zero-order chi connectivity index (χ0) is 18.2. The van der Waals surface area contributed by atoms with E-state index in [1.807, 2.05) is 29.2 Å². The quantitative estimate of drug-likeness (QED) is 0.745. The van der Waals surface area contributed by atoms with Gasteiger partial charge in [0.25, 0.3) is 0 Å². The van der Waals surface area contributed by atoms with Gasteiger partial charge >= 0.3 is 0 Å². The highest BCUT2D eigenvalue weighted by Gasteiger charge is 2.25. The lowest BCUT2D eigenvalue weighted by Gasteiger charge is -2.32. The van der Waals surface area contributed by atoms with Gasteiger partial charge in [0.05, 0.1) is 19.8 Å². The highest BCUT2D eigenvalue weighted by atomic mass is 16.5. The molecule has 0 spiro atoms. The van der Waals surface area contributed by atoms with Crippen molar-refractivity contribution in [1.82, 2.24) is 4.90 Å². The number of carbonyl (C=O) groups excluding carboxylic acids is 1. The lowest BCUT2D eigenvalue weighted by Crippen LogP contribution is -2.43. The average Bonchev–Trinajstić information content (AvgIpc) is 2.70. The molecule has 0 unspecified atom stereocenters. The molecule has 0 bridgehead atoms. The standard InChI is InChI=1S/C20H29NO5/c1-23-18-7-2-3-8-19(18)26-16-9-11-21(12-10-16)20(22)15-24-14-17-6-4-5-13-25-17/h2-3,7-8,16-17H,4-6,9-15H2,1H3/t17-/m1/s1. The van der Waals surface area contributed by atoms with Crippen molar-refractivity contribution in [3.63, 3.8) is 0 Å². The number of benzene rings is 1. The summed E-state index contributed by atoms with van der Waals surface area (Å²) in [4.78, 5) is 14.2. The number of piperidine rings is 1. The molecule has 6 heteroatoms.